The number of rotatable bonds is 8. The van der Waals surface area contributed by atoms with Crippen molar-refractivity contribution in [2.45, 2.75) is 18.3 Å². The van der Waals surface area contributed by atoms with Crippen LogP contribution in [0.1, 0.15) is 6.92 Å². The number of benzene rings is 2. The lowest BCUT2D eigenvalue weighted by molar-refractivity contribution is -0.160. The van der Waals surface area contributed by atoms with Crippen molar-refractivity contribution in [2.75, 3.05) is 23.8 Å². The first-order valence-corrected chi connectivity index (χ1v) is 15.3. The van der Waals surface area contributed by atoms with E-state index in [1.165, 1.54) is 70.2 Å². The van der Waals surface area contributed by atoms with Gasteiger partial charge in [-0.15, -0.1) is 23.1 Å². The lowest BCUT2D eigenvalue weighted by Crippen LogP contribution is -2.74. The molecule has 0 bridgehead atoms. The molecule has 15 heteroatoms. The minimum absolute atomic E-state index is 0.0251. The molecule has 2 aliphatic rings. The Labute approximate surface area is 263 Å². The predicted molar refractivity (Wildman–Crippen MR) is 159 cm³/mol. The predicted octanol–water partition coefficient (Wildman–Crippen LogP) is 6.42. The maximum Gasteiger partial charge on any atom is 0.514 e. The number of fused-ring (bicyclic) bond motifs is 1. The first-order chi connectivity index (χ1) is 20.0. The fourth-order valence-electron chi connectivity index (χ4n) is 4.52. The monoisotopic (exact) mass is 670 g/mol. The number of hydrogen-bond donors (Lipinski definition) is 1. The van der Waals surface area contributed by atoms with Gasteiger partial charge in [-0.3, -0.25) is 19.3 Å². The van der Waals surface area contributed by atoms with E-state index in [0.717, 1.165) is 0 Å². The molecule has 1 aromatic heterocycles. The summed E-state index contributed by atoms with van der Waals surface area (Å²) in [5.41, 5.74) is -1.60. The van der Waals surface area contributed by atoms with E-state index < -0.39 is 35.6 Å². The fourth-order valence-corrected chi connectivity index (χ4v) is 7.51. The highest BCUT2D eigenvalue weighted by molar-refractivity contribution is 8.00. The van der Waals surface area contributed by atoms with Crippen LogP contribution in [0.2, 0.25) is 15.1 Å². The maximum absolute atomic E-state index is 13.1. The Kier molecular flexibility index (Phi) is 8.81. The molecule has 2 aliphatic heterocycles. The summed E-state index contributed by atoms with van der Waals surface area (Å²) >= 11 is 20.7. The average molecular weight is 672 g/mol. The first-order valence-electron chi connectivity index (χ1n) is 12.2. The summed E-state index contributed by atoms with van der Waals surface area (Å²) in [7, 11) is 0. The second-order valence-corrected chi connectivity index (χ2v) is 12.8. The summed E-state index contributed by atoms with van der Waals surface area (Å²) in [5.74, 6) is -1.67. The molecule has 1 N–H and O–H groups in total. The second-order valence-electron chi connectivity index (χ2n) is 9.45. The van der Waals surface area contributed by atoms with Crippen LogP contribution in [0, 0.1) is 5.41 Å². The van der Waals surface area contributed by atoms with Gasteiger partial charge in [0.25, 0.3) is 0 Å². The molecule has 3 aromatic rings. The Bertz CT molecular complexity index is 1560. The molecule has 42 heavy (non-hydrogen) atoms. The molecule has 3 heterocycles. The molecule has 2 saturated heterocycles. The number of thiophene rings is 1. The number of anilines is 1. The number of thioether (sulfide) groups is 1. The summed E-state index contributed by atoms with van der Waals surface area (Å²) in [6.07, 6.45) is -1.20. The zero-order chi connectivity index (χ0) is 30.2. The third-order valence-electron chi connectivity index (χ3n) is 6.61. The Hall–Kier alpha value is -3.16. The zero-order valence-electron chi connectivity index (χ0n) is 21.6. The van der Waals surface area contributed by atoms with Crippen LogP contribution in [-0.4, -0.2) is 64.3 Å². The highest BCUT2D eigenvalue weighted by atomic mass is 35.5. The third-order valence-corrected chi connectivity index (χ3v) is 9.82. The van der Waals surface area contributed by atoms with Gasteiger partial charge >= 0.3 is 12.1 Å². The van der Waals surface area contributed by atoms with Gasteiger partial charge < -0.3 is 24.2 Å². The molecule has 0 saturated carbocycles. The molecule has 2 fully saturated rings. The van der Waals surface area contributed by atoms with Crippen LogP contribution >= 0.6 is 57.9 Å². The van der Waals surface area contributed by atoms with E-state index in [1.807, 2.05) is 0 Å². The van der Waals surface area contributed by atoms with E-state index in [1.54, 1.807) is 23.6 Å². The Morgan fingerprint density at radius 1 is 1.07 bits per heavy atom. The van der Waals surface area contributed by atoms with Gasteiger partial charge in [0.15, 0.2) is 11.5 Å². The molecule has 220 valence electrons. The smallest absolute Gasteiger partial charge is 0.481 e. The zero-order valence-corrected chi connectivity index (χ0v) is 25.5. The fraction of sp³-hybridized carbons (Fsp3) is 0.259. The largest absolute Gasteiger partial charge is 0.514 e. The number of carbonyl (C=O) groups is 4. The van der Waals surface area contributed by atoms with Crippen molar-refractivity contribution in [1.82, 2.24) is 4.90 Å². The Morgan fingerprint density at radius 2 is 1.79 bits per heavy atom. The van der Waals surface area contributed by atoms with Crippen molar-refractivity contribution in [1.29, 1.82) is 0 Å². The number of carboxylic acids is 1. The van der Waals surface area contributed by atoms with Crippen molar-refractivity contribution < 1.29 is 38.5 Å². The van der Waals surface area contributed by atoms with E-state index in [-0.39, 0.29) is 51.4 Å². The van der Waals surface area contributed by atoms with Gasteiger partial charge in [0.05, 0.1) is 10.0 Å². The molecular formula is C27H21Cl3N2O8S2. The summed E-state index contributed by atoms with van der Waals surface area (Å²) in [6.45, 7) is 0.598. The molecular weight excluding hydrogens is 651 g/mol. The molecule has 2 amide bonds. The van der Waals surface area contributed by atoms with Crippen LogP contribution in [-0.2, 0) is 19.1 Å². The normalized spacial score (nSPS) is 21.1. The van der Waals surface area contributed by atoms with E-state index in [0.29, 0.717) is 10.0 Å². The number of carbonyl (C=O) groups excluding carboxylic acids is 3. The second kappa shape index (κ2) is 12.2. The quantitative estimate of drug-likeness (QED) is 0.164. The Morgan fingerprint density at radius 3 is 2.43 bits per heavy atom. The number of amides is 2. The maximum atomic E-state index is 13.1. The van der Waals surface area contributed by atoms with E-state index >= 15 is 0 Å². The van der Waals surface area contributed by atoms with Crippen LogP contribution in [0.25, 0.3) is 0 Å². The average Bonchev–Trinajstić information content (AvgIpc) is 3.47. The number of hydrogen-bond acceptors (Lipinski definition) is 9. The van der Waals surface area contributed by atoms with E-state index in [4.69, 9.17) is 49.0 Å². The summed E-state index contributed by atoms with van der Waals surface area (Å²) in [6, 6.07) is 11.6. The standard InChI is InChI=1S/C27H21Cl3N2O8S2/c1-14(33)32(21-3-2-8-41-21)22-23(34)31-11-27(25(35)36,13-42-24(22)31)12-38-26(37)40-20-10-16(29)5-7-19(20)39-18-6-4-15(28)9-17(18)30/h2-10,22,24H,11-13H2,1H3,(H,35,36)/t22?,24-,27?/m1/s1. The van der Waals surface area contributed by atoms with Gasteiger partial charge in [-0.1, -0.05) is 34.8 Å². The van der Waals surface area contributed by atoms with Gasteiger partial charge in [0.1, 0.15) is 29.2 Å². The van der Waals surface area contributed by atoms with Crippen molar-refractivity contribution >= 4 is 86.8 Å². The number of ether oxygens (including phenoxy) is 3. The van der Waals surface area contributed by atoms with Crippen LogP contribution in [0.3, 0.4) is 0 Å². The van der Waals surface area contributed by atoms with Crippen LogP contribution in [0.5, 0.6) is 17.2 Å². The van der Waals surface area contributed by atoms with Crippen molar-refractivity contribution in [3.8, 4) is 17.2 Å². The van der Waals surface area contributed by atoms with E-state index in [2.05, 4.69) is 0 Å². The van der Waals surface area contributed by atoms with Crippen LogP contribution in [0.15, 0.2) is 53.9 Å². The highest BCUT2D eigenvalue weighted by Crippen LogP contribution is 2.46. The first kappa shape index (κ1) is 30.3. The number of β-lactam (4-membered cyclic amide) rings is 1. The highest BCUT2D eigenvalue weighted by Gasteiger charge is 2.60. The minimum Gasteiger partial charge on any atom is -0.481 e. The molecule has 0 aliphatic carbocycles. The van der Waals surface area contributed by atoms with Gasteiger partial charge in [0.2, 0.25) is 11.8 Å². The minimum atomic E-state index is -1.60. The Balaban J connectivity index is 1.26. The third kappa shape index (κ3) is 6.00. The van der Waals surface area contributed by atoms with Gasteiger partial charge in [-0.2, -0.15) is 0 Å². The van der Waals surface area contributed by atoms with Crippen molar-refractivity contribution in [3.63, 3.8) is 0 Å². The summed E-state index contributed by atoms with van der Waals surface area (Å²) in [5, 5.41) is 12.9. The number of aliphatic carboxylic acids is 1. The number of carboxylic acid groups (broad SMARTS) is 1. The molecule has 10 nitrogen and oxygen atoms in total. The topological polar surface area (TPSA) is 123 Å². The van der Waals surface area contributed by atoms with Gasteiger partial charge in [-0.25, -0.2) is 4.79 Å². The van der Waals surface area contributed by atoms with Gasteiger partial charge in [0, 0.05) is 35.3 Å². The van der Waals surface area contributed by atoms with Crippen molar-refractivity contribution in [2.24, 2.45) is 5.41 Å². The summed E-state index contributed by atoms with van der Waals surface area (Å²) < 4.78 is 16.3. The molecule has 2 unspecified atom stereocenters. The number of nitrogens with zero attached hydrogens (tertiary/aromatic N) is 2. The molecule has 0 radical (unpaired) electrons. The number of halogens is 3. The molecule has 2 aromatic carbocycles. The SMILES string of the molecule is CC(=O)N(c1cccs1)C1C(=O)N2CC(COC(=O)Oc3cc(Cl)ccc3Oc3ccc(Cl)cc3Cl)(C(=O)O)CS[C@H]12. The lowest BCUT2D eigenvalue weighted by atomic mass is 9.88. The lowest BCUT2D eigenvalue weighted by Gasteiger charge is -2.55. The van der Waals surface area contributed by atoms with Crippen LogP contribution < -0.4 is 14.4 Å². The summed E-state index contributed by atoms with van der Waals surface area (Å²) in [4.78, 5) is 53.5. The molecule has 5 rings (SSSR count). The van der Waals surface area contributed by atoms with E-state index in [9.17, 15) is 24.3 Å². The van der Waals surface area contributed by atoms with Crippen LogP contribution in [0.4, 0.5) is 9.80 Å². The van der Waals surface area contributed by atoms with Gasteiger partial charge in [-0.05, 0) is 47.8 Å². The van der Waals surface area contributed by atoms with Crippen molar-refractivity contribution in [3.05, 3.63) is 69.0 Å². The molecule has 0 spiro atoms. The molecule has 3 atom stereocenters.